The van der Waals surface area contributed by atoms with E-state index in [2.05, 4.69) is 14.9 Å². The summed E-state index contributed by atoms with van der Waals surface area (Å²) in [5.41, 5.74) is 0. The normalized spacial score (nSPS) is 16.6. The Hall–Kier alpha value is -1.68. The molecule has 2 N–H and O–H groups in total. The Kier molecular flexibility index (Phi) is 9.35. The lowest BCUT2D eigenvalue weighted by molar-refractivity contribution is -0.127. The SMILES string of the molecule is CC(C)CNC(=O)[C@@H](C)Oc1ccc(S(=O)(=O)NCCCN2CCOCC2)cc1. The second-order valence-corrected chi connectivity index (χ2v) is 9.34. The van der Waals surface area contributed by atoms with E-state index >= 15 is 0 Å². The molecule has 1 atom stereocenters. The molecular formula is C20H33N3O5S. The number of carbonyl (C=O) groups excluding carboxylic acids is 1. The Morgan fingerprint density at radius 2 is 1.83 bits per heavy atom. The lowest BCUT2D eigenvalue weighted by atomic mass is 10.2. The third kappa shape index (κ3) is 8.30. The minimum Gasteiger partial charge on any atom is -0.481 e. The van der Waals surface area contributed by atoms with Crippen molar-refractivity contribution in [3.05, 3.63) is 24.3 Å². The molecule has 1 fully saturated rings. The molecule has 0 spiro atoms. The highest BCUT2D eigenvalue weighted by Crippen LogP contribution is 2.17. The molecule has 0 aliphatic carbocycles. The molecule has 1 amide bonds. The molecule has 0 bridgehead atoms. The molecule has 29 heavy (non-hydrogen) atoms. The van der Waals surface area contributed by atoms with Gasteiger partial charge in [0, 0.05) is 26.2 Å². The number of benzene rings is 1. The quantitative estimate of drug-likeness (QED) is 0.516. The number of morpholine rings is 1. The summed E-state index contributed by atoms with van der Waals surface area (Å²) in [7, 11) is -3.57. The molecule has 0 unspecified atom stereocenters. The summed E-state index contributed by atoms with van der Waals surface area (Å²) >= 11 is 0. The number of rotatable bonds is 11. The first-order chi connectivity index (χ1) is 13.8. The van der Waals surface area contributed by atoms with Crippen LogP contribution in [0, 0.1) is 5.92 Å². The van der Waals surface area contributed by atoms with Crippen LogP contribution in [0.3, 0.4) is 0 Å². The van der Waals surface area contributed by atoms with E-state index in [0.29, 0.717) is 24.8 Å². The number of hydrogen-bond acceptors (Lipinski definition) is 6. The van der Waals surface area contributed by atoms with Crippen molar-refractivity contribution in [1.82, 2.24) is 14.9 Å². The minimum atomic E-state index is -3.57. The summed E-state index contributed by atoms with van der Waals surface area (Å²) in [6, 6.07) is 6.10. The van der Waals surface area contributed by atoms with Crippen LogP contribution < -0.4 is 14.8 Å². The lowest BCUT2D eigenvalue weighted by Crippen LogP contribution is -2.38. The van der Waals surface area contributed by atoms with Crippen LogP contribution >= 0.6 is 0 Å². The maximum absolute atomic E-state index is 12.4. The number of ether oxygens (including phenoxy) is 2. The molecule has 0 radical (unpaired) electrons. The lowest BCUT2D eigenvalue weighted by Gasteiger charge is -2.26. The zero-order chi connectivity index (χ0) is 21.3. The van der Waals surface area contributed by atoms with E-state index in [9.17, 15) is 13.2 Å². The standard InChI is InChI=1S/C20H33N3O5S/c1-16(2)15-21-20(24)17(3)28-18-5-7-19(8-6-18)29(25,26)22-9-4-10-23-11-13-27-14-12-23/h5-8,16-17,22H,4,9-15H2,1-3H3,(H,21,24)/t17-/m1/s1. The predicted octanol–water partition coefficient (Wildman–Crippen LogP) is 1.23. The van der Waals surface area contributed by atoms with Gasteiger partial charge in [-0.1, -0.05) is 13.8 Å². The van der Waals surface area contributed by atoms with Crippen LogP contribution in [-0.2, 0) is 19.6 Å². The smallest absolute Gasteiger partial charge is 0.260 e. The molecule has 0 saturated carbocycles. The fourth-order valence-corrected chi connectivity index (χ4v) is 3.89. The van der Waals surface area contributed by atoms with Crippen LogP contribution in [0.25, 0.3) is 0 Å². The third-order valence-corrected chi connectivity index (χ3v) is 6.02. The Labute approximate surface area is 174 Å². The zero-order valence-corrected chi connectivity index (χ0v) is 18.3. The van der Waals surface area contributed by atoms with Crippen molar-refractivity contribution in [1.29, 1.82) is 0 Å². The van der Waals surface area contributed by atoms with Crippen molar-refractivity contribution >= 4 is 15.9 Å². The summed E-state index contributed by atoms with van der Waals surface area (Å²) in [5, 5.41) is 2.81. The summed E-state index contributed by atoms with van der Waals surface area (Å²) in [5.74, 6) is 0.609. The van der Waals surface area contributed by atoms with Crippen LogP contribution in [0.15, 0.2) is 29.2 Å². The van der Waals surface area contributed by atoms with Gasteiger partial charge in [-0.25, -0.2) is 13.1 Å². The zero-order valence-electron chi connectivity index (χ0n) is 17.5. The Morgan fingerprint density at radius 3 is 2.45 bits per heavy atom. The van der Waals surface area contributed by atoms with Gasteiger partial charge >= 0.3 is 0 Å². The monoisotopic (exact) mass is 427 g/mol. The molecule has 1 aliphatic rings. The highest BCUT2D eigenvalue weighted by atomic mass is 32.2. The number of carbonyl (C=O) groups is 1. The van der Waals surface area contributed by atoms with E-state index in [1.165, 1.54) is 12.1 Å². The van der Waals surface area contributed by atoms with Gasteiger partial charge in [0.15, 0.2) is 6.10 Å². The van der Waals surface area contributed by atoms with Crippen LogP contribution in [0.5, 0.6) is 5.75 Å². The first-order valence-corrected chi connectivity index (χ1v) is 11.6. The predicted molar refractivity (Wildman–Crippen MR) is 111 cm³/mol. The molecular weight excluding hydrogens is 394 g/mol. The van der Waals surface area contributed by atoms with Crippen LogP contribution in [-0.4, -0.2) is 71.3 Å². The largest absolute Gasteiger partial charge is 0.481 e. The van der Waals surface area contributed by atoms with Crippen molar-refractivity contribution < 1.29 is 22.7 Å². The molecule has 164 valence electrons. The van der Waals surface area contributed by atoms with E-state index in [-0.39, 0.29) is 10.8 Å². The van der Waals surface area contributed by atoms with Gasteiger partial charge in [0.2, 0.25) is 10.0 Å². The molecule has 9 heteroatoms. The second kappa shape index (κ2) is 11.5. The highest BCUT2D eigenvalue weighted by molar-refractivity contribution is 7.89. The Morgan fingerprint density at radius 1 is 1.17 bits per heavy atom. The second-order valence-electron chi connectivity index (χ2n) is 7.58. The summed E-state index contributed by atoms with van der Waals surface area (Å²) in [4.78, 5) is 14.4. The van der Waals surface area contributed by atoms with Crippen LogP contribution in [0.2, 0.25) is 0 Å². The topological polar surface area (TPSA) is 97.0 Å². The first kappa shape index (κ1) is 23.6. The van der Waals surface area contributed by atoms with Gasteiger partial charge in [-0.3, -0.25) is 9.69 Å². The third-order valence-electron chi connectivity index (χ3n) is 4.55. The maximum Gasteiger partial charge on any atom is 0.260 e. The number of nitrogens with zero attached hydrogens (tertiary/aromatic N) is 1. The van der Waals surface area contributed by atoms with Gasteiger partial charge in [0.25, 0.3) is 5.91 Å². The van der Waals surface area contributed by atoms with E-state index in [4.69, 9.17) is 9.47 Å². The fourth-order valence-electron chi connectivity index (χ4n) is 2.82. The van der Waals surface area contributed by atoms with Crippen molar-refractivity contribution in [2.45, 2.75) is 38.2 Å². The van der Waals surface area contributed by atoms with Crippen molar-refractivity contribution in [2.75, 3.05) is 45.9 Å². The summed E-state index contributed by atoms with van der Waals surface area (Å²) in [6.07, 6.45) is 0.0817. The van der Waals surface area contributed by atoms with Crippen molar-refractivity contribution in [3.8, 4) is 5.75 Å². The first-order valence-electron chi connectivity index (χ1n) is 10.1. The van der Waals surface area contributed by atoms with Gasteiger partial charge in [0.1, 0.15) is 5.75 Å². The molecule has 1 saturated heterocycles. The molecule has 1 heterocycles. The van der Waals surface area contributed by atoms with Gasteiger partial charge in [-0.15, -0.1) is 0 Å². The van der Waals surface area contributed by atoms with Crippen LogP contribution in [0.4, 0.5) is 0 Å². The maximum atomic E-state index is 12.4. The van der Waals surface area contributed by atoms with Gasteiger partial charge in [-0.05, 0) is 50.1 Å². The van der Waals surface area contributed by atoms with Gasteiger partial charge < -0.3 is 14.8 Å². The molecule has 8 nitrogen and oxygen atoms in total. The van der Waals surface area contributed by atoms with E-state index < -0.39 is 16.1 Å². The van der Waals surface area contributed by atoms with Crippen molar-refractivity contribution in [2.24, 2.45) is 5.92 Å². The highest BCUT2D eigenvalue weighted by Gasteiger charge is 2.17. The number of amides is 1. The molecule has 1 aromatic rings. The fraction of sp³-hybridized carbons (Fsp3) is 0.650. The average Bonchev–Trinajstić information content (AvgIpc) is 2.70. The van der Waals surface area contributed by atoms with E-state index in [1.54, 1.807) is 19.1 Å². The van der Waals surface area contributed by atoms with Gasteiger partial charge in [-0.2, -0.15) is 0 Å². The average molecular weight is 428 g/mol. The summed E-state index contributed by atoms with van der Waals surface area (Å²) in [6.45, 7) is 10.8. The van der Waals surface area contributed by atoms with Crippen molar-refractivity contribution in [3.63, 3.8) is 0 Å². The Balaban J connectivity index is 1.78. The number of hydrogen-bond donors (Lipinski definition) is 2. The van der Waals surface area contributed by atoms with Crippen LogP contribution in [0.1, 0.15) is 27.2 Å². The molecule has 1 aliphatic heterocycles. The van der Waals surface area contributed by atoms with E-state index in [0.717, 1.165) is 39.3 Å². The van der Waals surface area contributed by atoms with Gasteiger partial charge in [0.05, 0.1) is 18.1 Å². The minimum absolute atomic E-state index is 0.174. The molecule has 0 aromatic heterocycles. The molecule has 2 rings (SSSR count). The Bertz CT molecular complexity index is 731. The number of nitrogens with one attached hydrogen (secondary N) is 2. The number of sulfonamides is 1. The van der Waals surface area contributed by atoms with E-state index in [1.807, 2.05) is 13.8 Å². The molecule has 1 aromatic carbocycles. The summed E-state index contributed by atoms with van der Waals surface area (Å²) < 4.78 is 38.4.